The van der Waals surface area contributed by atoms with Crippen LogP contribution in [0.1, 0.15) is 28.7 Å². The smallest absolute Gasteiger partial charge is 0.274 e. The molecule has 3 rings (SSSR count). The minimum absolute atomic E-state index is 0.191. The lowest BCUT2D eigenvalue weighted by atomic mass is 10.1. The molecule has 2 aromatic heterocycles. The number of rotatable bonds is 3. The monoisotopic (exact) mass is 333 g/mol. The molecule has 0 aliphatic carbocycles. The van der Waals surface area contributed by atoms with E-state index in [9.17, 15) is 4.79 Å². The molecule has 23 heavy (non-hydrogen) atoms. The predicted octanol–water partition coefficient (Wildman–Crippen LogP) is 1.70. The molecule has 0 saturated heterocycles. The van der Waals surface area contributed by atoms with Gasteiger partial charge in [-0.15, -0.1) is 5.10 Å². The Labute approximate surface area is 138 Å². The molecular formula is C15H16ClN5O2. The van der Waals surface area contributed by atoms with E-state index in [1.54, 1.807) is 23.1 Å². The maximum atomic E-state index is 12.7. The highest BCUT2D eigenvalue weighted by atomic mass is 35.5. The first kappa shape index (κ1) is 15.5. The highest BCUT2D eigenvalue weighted by Gasteiger charge is 2.26. The van der Waals surface area contributed by atoms with Gasteiger partial charge in [0.25, 0.3) is 5.91 Å². The van der Waals surface area contributed by atoms with Gasteiger partial charge in [-0.2, -0.15) is 5.10 Å². The van der Waals surface area contributed by atoms with Gasteiger partial charge in [0.05, 0.1) is 17.3 Å². The summed E-state index contributed by atoms with van der Waals surface area (Å²) in [5.74, 6) is 0.484. The summed E-state index contributed by atoms with van der Waals surface area (Å²) in [4.78, 5) is 18.6. The van der Waals surface area contributed by atoms with Gasteiger partial charge < -0.3 is 15.4 Å². The summed E-state index contributed by atoms with van der Waals surface area (Å²) in [5.41, 5.74) is 7.62. The summed E-state index contributed by atoms with van der Waals surface area (Å²) in [5, 5.41) is 8.21. The third kappa shape index (κ3) is 3.19. The summed E-state index contributed by atoms with van der Waals surface area (Å²) in [6.07, 6.45) is 0.622. The molecule has 2 aromatic rings. The molecule has 0 fully saturated rings. The van der Waals surface area contributed by atoms with Crippen LogP contribution in [0.15, 0.2) is 18.2 Å². The number of pyridine rings is 1. The van der Waals surface area contributed by atoms with Crippen LogP contribution in [0.3, 0.4) is 0 Å². The molecule has 2 N–H and O–H groups in total. The maximum Gasteiger partial charge on any atom is 0.274 e. The molecule has 0 bridgehead atoms. The summed E-state index contributed by atoms with van der Waals surface area (Å²) >= 11 is 6.13. The third-order valence-electron chi connectivity index (χ3n) is 3.56. The zero-order valence-electron chi connectivity index (χ0n) is 12.6. The van der Waals surface area contributed by atoms with Gasteiger partial charge in [-0.25, -0.2) is 4.98 Å². The van der Waals surface area contributed by atoms with Crippen molar-refractivity contribution >= 4 is 23.3 Å². The fraction of sp³-hybridized carbons (Fsp3) is 0.333. The van der Waals surface area contributed by atoms with Crippen molar-refractivity contribution in [2.45, 2.75) is 19.9 Å². The molecule has 1 amide bonds. The fourth-order valence-electron chi connectivity index (χ4n) is 2.47. The molecule has 0 saturated carbocycles. The molecule has 0 radical (unpaired) electrons. The van der Waals surface area contributed by atoms with Crippen LogP contribution < -0.4 is 10.5 Å². The molecule has 120 valence electrons. The summed E-state index contributed by atoms with van der Waals surface area (Å²) < 4.78 is 5.34. The second-order valence-electron chi connectivity index (χ2n) is 5.13. The molecule has 8 heteroatoms. The van der Waals surface area contributed by atoms with E-state index >= 15 is 0 Å². The van der Waals surface area contributed by atoms with E-state index in [4.69, 9.17) is 22.1 Å². The first-order chi connectivity index (χ1) is 11.1. The summed E-state index contributed by atoms with van der Waals surface area (Å²) in [6, 6.07) is 5.01. The third-order valence-corrected chi connectivity index (χ3v) is 3.87. The molecule has 0 aromatic carbocycles. The summed E-state index contributed by atoms with van der Waals surface area (Å²) in [6.45, 7) is 3.26. The zero-order valence-corrected chi connectivity index (χ0v) is 13.4. The fourth-order valence-corrected chi connectivity index (χ4v) is 2.66. The Balaban J connectivity index is 1.85. The Morgan fingerprint density at radius 1 is 1.43 bits per heavy atom. The number of ether oxygens (including phenoxy) is 1. The minimum atomic E-state index is -0.238. The quantitative estimate of drug-likeness (QED) is 0.918. The largest absolute Gasteiger partial charge is 0.478 e. The number of aromatic nitrogens is 3. The van der Waals surface area contributed by atoms with E-state index in [2.05, 4.69) is 15.2 Å². The lowest BCUT2D eigenvalue weighted by Gasteiger charge is -2.28. The van der Waals surface area contributed by atoms with E-state index in [0.717, 1.165) is 11.3 Å². The van der Waals surface area contributed by atoms with Crippen LogP contribution in [-0.4, -0.2) is 39.1 Å². The van der Waals surface area contributed by atoms with Crippen molar-refractivity contribution in [3.63, 3.8) is 0 Å². The number of nitrogen functional groups attached to an aromatic ring is 1. The van der Waals surface area contributed by atoms with Crippen LogP contribution in [0, 0.1) is 0 Å². The van der Waals surface area contributed by atoms with Gasteiger partial charge >= 0.3 is 0 Å². The normalized spacial score (nSPS) is 13.6. The van der Waals surface area contributed by atoms with Crippen LogP contribution in [0.25, 0.3) is 0 Å². The topological polar surface area (TPSA) is 94.2 Å². The van der Waals surface area contributed by atoms with Crippen molar-refractivity contribution in [3.05, 3.63) is 40.2 Å². The second-order valence-corrected chi connectivity index (χ2v) is 5.54. The van der Waals surface area contributed by atoms with Crippen molar-refractivity contribution in [1.29, 1.82) is 0 Å². The summed E-state index contributed by atoms with van der Waals surface area (Å²) in [7, 11) is 0. The van der Waals surface area contributed by atoms with Gasteiger partial charge in [0, 0.05) is 25.6 Å². The van der Waals surface area contributed by atoms with E-state index in [1.807, 2.05) is 6.92 Å². The van der Waals surface area contributed by atoms with Crippen molar-refractivity contribution < 1.29 is 9.53 Å². The Morgan fingerprint density at radius 2 is 2.26 bits per heavy atom. The van der Waals surface area contributed by atoms with Gasteiger partial charge in [0.1, 0.15) is 5.82 Å². The number of amides is 1. The Bertz CT molecular complexity index is 753. The zero-order chi connectivity index (χ0) is 16.4. The Hall–Kier alpha value is -2.41. The SMILES string of the molecule is CCOc1ccc(Cl)c(C(=O)N2CCc3nnc(N)cc3C2)n1. The van der Waals surface area contributed by atoms with Crippen molar-refractivity contribution in [1.82, 2.24) is 20.1 Å². The van der Waals surface area contributed by atoms with Crippen LogP contribution in [-0.2, 0) is 13.0 Å². The Morgan fingerprint density at radius 3 is 3.04 bits per heavy atom. The molecule has 0 unspecified atom stereocenters. The van der Waals surface area contributed by atoms with Crippen molar-refractivity contribution in [3.8, 4) is 5.88 Å². The van der Waals surface area contributed by atoms with Crippen LogP contribution >= 0.6 is 11.6 Å². The number of carbonyl (C=O) groups is 1. The molecule has 0 atom stereocenters. The standard InChI is InChI=1S/C15H16ClN5O2/c1-2-23-13-4-3-10(16)14(18-13)15(22)21-6-5-11-9(8-21)7-12(17)20-19-11/h3-4,7H,2,5-6,8H2,1H3,(H2,17,20). The van der Waals surface area contributed by atoms with Gasteiger partial charge in [-0.05, 0) is 24.6 Å². The highest BCUT2D eigenvalue weighted by molar-refractivity contribution is 6.33. The number of nitrogens with zero attached hydrogens (tertiary/aromatic N) is 4. The molecule has 1 aliphatic rings. The number of carbonyl (C=O) groups excluding carboxylic acids is 1. The van der Waals surface area contributed by atoms with Gasteiger partial charge in [-0.1, -0.05) is 11.6 Å². The van der Waals surface area contributed by atoms with E-state index < -0.39 is 0 Å². The maximum absolute atomic E-state index is 12.7. The van der Waals surface area contributed by atoms with Gasteiger partial charge in [0.15, 0.2) is 5.69 Å². The number of fused-ring (bicyclic) bond motifs is 1. The van der Waals surface area contributed by atoms with Gasteiger partial charge in [-0.3, -0.25) is 4.79 Å². The number of hydrogen-bond donors (Lipinski definition) is 1. The number of halogens is 1. The van der Waals surface area contributed by atoms with Crippen LogP contribution in [0.2, 0.25) is 5.02 Å². The first-order valence-electron chi connectivity index (χ1n) is 7.28. The second kappa shape index (κ2) is 6.37. The van der Waals surface area contributed by atoms with Crippen LogP contribution in [0.5, 0.6) is 5.88 Å². The van der Waals surface area contributed by atoms with E-state index in [0.29, 0.717) is 42.8 Å². The number of hydrogen-bond acceptors (Lipinski definition) is 6. The van der Waals surface area contributed by atoms with Crippen molar-refractivity contribution in [2.75, 3.05) is 18.9 Å². The average Bonchev–Trinajstić information content (AvgIpc) is 2.55. The first-order valence-corrected chi connectivity index (χ1v) is 7.66. The molecule has 0 spiro atoms. The number of anilines is 1. The Kier molecular flexibility index (Phi) is 4.29. The molecule has 7 nitrogen and oxygen atoms in total. The van der Waals surface area contributed by atoms with E-state index in [-0.39, 0.29) is 11.6 Å². The number of nitrogens with two attached hydrogens (primary N) is 1. The lowest BCUT2D eigenvalue weighted by Crippen LogP contribution is -2.37. The molecule has 1 aliphatic heterocycles. The highest BCUT2D eigenvalue weighted by Crippen LogP contribution is 2.23. The van der Waals surface area contributed by atoms with Crippen molar-refractivity contribution in [2.24, 2.45) is 0 Å². The molecule has 3 heterocycles. The minimum Gasteiger partial charge on any atom is -0.478 e. The van der Waals surface area contributed by atoms with Gasteiger partial charge in [0.2, 0.25) is 5.88 Å². The van der Waals surface area contributed by atoms with E-state index in [1.165, 1.54) is 0 Å². The predicted molar refractivity (Wildman–Crippen MR) is 85.3 cm³/mol. The average molecular weight is 334 g/mol. The lowest BCUT2D eigenvalue weighted by molar-refractivity contribution is 0.0726. The molecular weight excluding hydrogens is 318 g/mol. The van der Waals surface area contributed by atoms with Crippen LogP contribution in [0.4, 0.5) is 5.82 Å².